The molecule has 4 aromatic rings. The molecule has 6 rings (SSSR count). The Morgan fingerprint density at radius 1 is 0.821 bits per heavy atom. The monoisotopic (exact) mass is 532 g/mol. The van der Waals surface area contributed by atoms with Gasteiger partial charge in [0.1, 0.15) is 5.65 Å². The number of nitrogens with zero attached hydrogens (tertiary/aromatic N) is 6. The number of ether oxygens (including phenoxy) is 2. The van der Waals surface area contributed by atoms with Crippen LogP contribution in [0.2, 0.25) is 0 Å². The Morgan fingerprint density at radius 3 is 2.23 bits per heavy atom. The van der Waals surface area contributed by atoms with Crippen molar-refractivity contribution in [2.45, 2.75) is 58.5 Å². The highest BCUT2D eigenvalue weighted by atomic mass is 16.5. The Hall–Kier alpha value is -3.10. The Balaban J connectivity index is 0.000000158. The summed E-state index contributed by atoms with van der Waals surface area (Å²) in [5, 5.41) is 2.58. The van der Waals surface area contributed by atoms with Gasteiger partial charge in [-0.25, -0.2) is 4.98 Å². The van der Waals surface area contributed by atoms with E-state index in [4.69, 9.17) is 9.47 Å². The fraction of sp³-hybridized carbons (Fsp3) is 0.548. The van der Waals surface area contributed by atoms with E-state index in [2.05, 4.69) is 69.1 Å². The third-order valence-electron chi connectivity index (χ3n) is 7.93. The fourth-order valence-corrected chi connectivity index (χ4v) is 5.58. The first-order valence-corrected chi connectivity index (χ1v) is 14.6. The molecular formula is C31H44N6O2. The number of likely N-dealkylation sites (N-methyl/N-ethyl adjacent to an activating group) is 2. The lowest BCUT2D eigenvalue weighted by Crippen LogP contribution is -2.23. The molecule has 0 N–H and O–H groups in total. The average molecular weight is 533 g/mol. The maximum Gasteiger partial charge on any atom is 0.199 e. The maximum absolute atomic E-state index is 6.05. The summed E-state index contributed by atoms with van der Waals surface area (Å²) in [4.78, 5) is 13.4. The molecule has 0 amide bonds. The predicted octanol–water partition coefficient (Wildman–Crippen LogP) is 5.02. The van der Waals surface area contributed by atoms with Crippen molar-refractivity contribution in [3.63, 3.8) is 0 Å². The summed E-state index contributed by atoms with van der Waals surface area (Å²) in [6.45, 7) is 8.83. The zero-order valence-electron chi connectivity index (χ0n) is 24.2. The standard InChI is InChI=1S/C16H23N3O.C15H21N3O/c1-3-18(2)9-10-19-15-12-17-8-7-13(15)14-6-4-5-11-20-16(14)19;1-17(2)9-10-18-14-12(7-5-8-16-14)13-6-3-4-11-19-15(13)18/h7-8,12H,3-6,9-11H2,1-2H3;5,7-8H,3-4,6,9-11H2,1-2H3. The molecule has 2 aliphatic heterocycles. The number of aryl methyl sites for hydroxylation is 2. The number of hydrogen-bond acceptors (Lipinski definition) is 6. The molecule has 0 aliphatic carbocycles. The topological polar surface area (TPSA) is 60.6 Å². The molecule has 0 saturated carbocycles. The average Bonchev–Trinajstić information content (AvgIpc) is 3.16. The van der Waals surface area contributed by atoms with Crippen LogP contribution in [0.25, 0.3) is 21.9 Å². The summed E-state index contributed by atoms with van der Waals surface area (Å²) in [5.41, 5.74) is 5.00. The minimum absolute atomic E-state index is 0.825. The van der Waals surface area contributed by atoms with Gasteiger partial charge in [0, 0.05) is 60.5 Å². The molecule has 8 heteroatoms. The van der Waals surface area contributed by atoms with Crippen molar-refractivity contribution in [1.82, 2.24) is 28.9 Å². The van der Waals surface area contributed by atoms with Crippen LogP contribution in [0.15, 0.2) is 36.8 Å². The molecule has 4 aromatic heterocycles. The fourth-order valence-electron chi connectivity index (χ4n) is 5.58. The summed E-state index contributed by atoms with van der Waals surface area (Å²) in [6, 6.07) is 6.31. The molecule has 0 radical (unpaired) electrons. The summed E-state index contributed by atoms with van der Waals surface area (Å²) in [6.07, 6.45) is 12.7. The first-order valence-electron chi connectivity index (χ1n) is 14.6. The van der Waals surface area contributed by atoms with E-state index in [1.807, 2.05) is 24.7 Å². The SMILES string of the molecule is CCN(C)CCn1c2c(c3ccncc31)CCCCO2.CN(C)CCn1c2c(c3cccnc31)CCCCO2. The van der Waals surface area contributed by atoms with Crippen LogP contribution in [-0.4, -0.2) is 82.9 Å². The van der Waals surface area contributed by atoms with Gasteiger partial charge in [0.05, 0.1) is 24.9 Å². The van der Waals surface area contributed by atoms with E-state index in [-0.39, 0.29) is 0 Å². The van der Waals surface area contributed by atoms with Crippen LogP contribution in [0, 0.1) is 0 Å². The molecule has 0 bridgehead atoms. The second-order valence-electron chi connectivity index (χ2n) is 10.9. The van der Waals surface area contributed by atoms with Crippen molar-refractivity contribution in [2.75, 3.05) is 54.0 Å². The van der Waals surface area contributed by atoms with Crippen LogP contribution in [0.3, 0.4) is 0 Å². The minimum atomic E-state index is 0.825. The Bertz CT molecular complexity index is 1370. The van der Waals surface area contributed by atoms with Gasteiger partial charge in [-0.2, -0.15) is 0 Å². The molecule has 0 saturated heterocycles. The van der Waals surface area contributed by atoms with Gasteiger partial charge in [0.25, 0.3) is 0 Å². The van der Waals surface area contributed by atoms with Gasteiger partial charge >= 0.3 is 0 Å². The lowest BCUT2D eigenvalue weighted by Gasteiger charge is -2.16. The Morgan fingerprint density at radius 2 is 1.51 bits per heavy atom. The van der Waals surface area contributed by atoms with Crippen LogP contribution in [0.4, 0.5) is 0 Å². The number of hydrogen-bond donors (Lipinski definition) is 0. The van der Waals surface area contributed by atoms with Crippen LogP contribution in [0.5, 0.6) is 11.8 Å². The van der Waals surface area contributed by atoms with Gasteiger partial charge in [-0.15, -0.1) is 0 Å². The van der Waals surface area contributed by atoms with E-state index in [1.54, 1.807) is 0 Å². The van der Waals surface area contributed by atoms with Crippen LogP contribution in [-0.2, 0) is 25.9 Å². The molecule has 2 aliphatic rings. The Kier molecular flexibility index (Phi) is 9.04. The molecular weight excluding hydrogens is 488 g/mol. The minimum Gasteiger partial charge on any atom is -0.479 e. The van der Waals surface area contributed by atoms with E-state index < -0.39 is 0 Å². The van der Waals surface area contributed by atoms with Gasteiger partial charge in [-0.1, -0.05) is 6.92 Å². The van der Waals surface area contributed by atoms with Crippen molar-refractivity contribution in [2.24, 2.45) is 0 Å². The number of aromatic nitrogens is 4. The zero-order chi connectivity index (χ0) is 27.2. The van der Waals surface area contributed by atoms with Crippen LogP contribution >= 0.6 is 0 Å². The van der Waals surface area contributed by atoms with E-state index >= 15 is 0 Å². The lowest BCUT2D eigenvalue weighted by atomic mass is 10.1. The van der Waals surface area contributed by atoms with Crippen molar-refractivity contribution < 1.29 is 9.47 Å². The number of rotatable bonds is 7. The number of pyridine rings is 2. The second kappa shape index (κ2) is 12.8. The molecule has 0 atom stereocenters. The van der Waals surface area contributed by atoms with Gasteiger partial charge in [-0.05, 0) is 84.4 Å². The number of fused-ring (bicyclic) bond motifs is 6. The second-order valence-corrected chi connectivity index (χ2v) is 10.9. The predicted molar refractivity (Wildman–Crippen MR) is 158 cm³/mol. The van der Waals surface area contributed by atoms with E-state index in [0.717, 1.165) is 89.0 Å². The largest absolute Gasteiger partial charge is 0.479 e. The van der Waals surface area contributed by atoms with Gasteiger partial charge < -0.3 is 23.8 Å². The molecule has 0 unspecified atom stereocenters. The smallest absolute Gasteiger partial charge is 0.199 e. The highest BCUT2D eigenvalue weighted by Crippen LogP contribution is 2.35. The highest BCUT2D eigenvalue weighted by molar-refractivity contribution is 5.86. The van der Waals surface area contributed by atoms with Crippen molar-refractivity contribution in [3.8, 4) is 11.8 Å². The summed E-state index contributed by atoms with van der Waals surface area (Å²) < 4.78 is 16.6. The first kappa shape index (κ1) is 27.5. The van der Waals surface area contributed by atoms with Crippen LogP contribution < -0.4 is 9.47 Å². The lowest BCUT2D eigenvalue weighted by molar-refractivity contribution is 0.278. The maximum atomic E-state index is 6.05. The third-order valence-corrected chi connectivity index (χ3v) is 7.93. The molecule has 0 aromatic carbocycles. The molecule has 0 fully saturated rings. The first-order chi connectivity index (χ1) is 19.1. The van der Waals surface area contributed by atoms with Crippen LogP contribution in [0.1, 0.15) is 43.7 Å². The van der Waals surface area contributed by atoms with E-state index in [1.165, 1.54) is 40.3 Å². The van der Waals surface area contributed by atoms with Crippen molar-refractivity contribution >= 4 is 21.9 Å². The third kappa shape index (κ3) is 6.07. The molecule has 210 valence electrons. The molecule has 8 nitrogen and oxygen atoms in total. The van der Waals surface area contributed by atoms with Crippen molar-refractivity contribution in [1.29, 1.82) is 0 Å². The molecule has 39 heavy (non-hydrogen) atoms. The summed E-state index contributed by atoms with van der Waals surface area (Å²) >= 11 is 0. The normalized spacial score (nSPS) is 15.2. The zero-order valence-corrected chi connectivity index (χ0v) is 24.2. The summed E-state index contributed by atoms with van der Waals surface area (Å²) in [5.74, 6) is 2.13. The van der Waals surface area contributed by atoms with Gasteiger partial charge in [0.2, 0.25) is 0 Å². The van der Waals surface area contributed by atoms with Gasteiger partial charge in [0.15, 0.2) is 11.8 Å². The van der Waals surface area contributed by atoms with E-state index in [9.17, 15) is 0 Å². The molecule has 6 heterocycles. The molecule has 0 spiro atoms. The highest BCUT2D eigenvalue weighted by Gasteiger charge is 2.22. The Labute approximate surface area is 232 Å². The quantitative estimate of drug-likeness (QED) is 0.333. The summed E-state index contributed by atoms with van der Waals surface area (Å²) in [7, 11) is 6.35. The van der Waals surface area contributed by atoms with Gasteiger partial charge in [-0.3, -0.25) is 9.55 Å². The van der Waals surface area contributed by atoms with E-state index in [0.29, 0.717) is 0 Å². The van der Waals surface area contributed by atoms with Crippen molar-refractivity contribution in [3.05, 3.63) is 47.9 Å².